The second-order valence-corrected chi connectivity index (χ2v) is 7.04. The number of nitrogens with zero attached hydrogens (tertiary/aromatic N) is 3. The normalized spacial score (nSPS) is 11.1. The maximum atomic E-state index is 11.8. The van der Waals surface area contributed by atoms with Crippen LogP contribution in [0.2, 0.25) is 0 Å². The van der Waals surface area contributed by atoms with Crippen molar-refractivity contribution in [3.05, 3.63) is 43.0 Å². The molecule has 0 bridgehead atoms. The molecule has 1 aromatic carbocycles. The van der Waals surface area contributed by atoms with Crippen LogP contribution in [0.3, 0.4) is 0 Å². The molecule has 0 aliphatic carbocycles. The predicted molar refractivity (Wildman–Crippen MR) is 108 cm³/mol. The third-order valence-corrected chi connectivity index (χ3v) is 4.54. The molecule has 0 aliphatic heterocycles. The molecule has 1 amide bonds. The van der Waals surface area contributed by atoms with Gasteiger partial charge in [0.2, 0.25) is 5.91 Å². The number of carbonyl (C=O) groups excluding carboxylic acids is 1. The van der Waals surface area contributed by atoms with Crippen LogP contribution in [0.25, 0.3) is 0 Å². The van der Waals surface area contributed by atoms with E-state index in [9.17, 15) is 4.79 Å². The number of rotatable bonds is 10. The smallest absolute Gasteiger partial charge is 0.243 e. The van der Waals surface area contributed by atoms with Crippen molar-refractivity contribution < 1.29 is 4.79 Å². The molecule has 0 unspecified atom stereocenters. The van der Waals surface area contributed by atoms with Crippen molar-refractivity contribution in [3.8, 4) is 0 Å². The highest BCUT2D eigenvalue weighted by Gasteiger charge is 2.08. The van der Waals surface area contributed by atoms with Crippen molar-refractivity contribution in [2.45, 2.75) is 17.7 Å². The van der Waals surface area contributed by atoms with Crippen LogP contribution in [0.4, 0.5) is 0 Å². The lowest BCUT2D eigenvalue weighted by Crippen LogP contribution is -2.41. The largest absolute Gasteiger partial charge is 0.355 e. The van der Waals surface area contributed by atoms with E-state index in [0.29, 0.717) is 0 Å². The Labute approximate surface area is 156 Å². The lowest BCUT2D eigenvalue weighted by Gasteiger charge is -2.22. The summed E-state index contributed by atoms with van der Waals surface area (Å²) in [6.07, 6.45) is 3.91. The van der Waals surface area contributed by atoms with E-state index in [4.69, 9.17) is 0 Å². The summed E-state index contributed by atoms with van der Waals surface area (Å²) in [5, 5.41) is 3.37. The van der Waals surface area contributed by atoms with Gasteiger partial charge in [-0.15, -0.1) is 18.3 Å². The molecule has 25 heavy (non-hydrogen) atoms. The first kappa shape index (κ1) is 21.1. The zero-order chi connectivity index (χ0) is 18.5. The molecular formula is C19H30N4OS. The number of hydrogen-bond donors (Lipinski definition) is 1. The van der Waals surface area contributed by atoms with Crippen LogP contribution in [-0.2, 0) is 4.79 Å². The highest BCUT2D eigenvalue weighted by atomic mass is 32.2. The van der Waals surface area contributed by atoms with E-state index < -0.39 is 0 Å². The first-order valence-electron chi connectivity index (χ1n) is 8.53. The third-order valence-electron chi connectivity index (χ3n) is 3.52. The van der Waals surface area contributed by atoms with Crippen LogP contribution in [0, 0.1) is 0 Å². The molecule has 1 N–H and O–H groups in total. The molecule has 6 heteroatoms. The van der Waals surface area contributed by atoms with Crippen LogP contribution in [0.5, 0.6) is 0 Å². The number of aliphatic imine (C=N–C) groups is 1. The average molecular weight is 363 g/mol. The molecule has 0 spiro atoms. The van der Waals surface area contributed by atoms with E-state index in [1.807, 2.05) is 31.3 Å². The Balaban J connectivity index is 2.52. The van der Waals surface area contributed by atoms with Gasteiger partial charge in [0, 0.05) is 44.9 Å². The molecule has 0 aromatic heterocycles. The van der Waals surface area contributed by atoms with Gasteiger partial charge in [0.15, 0.2) is 5.96 Å². The summed E-state index contributed by atoms with van der Waals surface area (Å²) in [4.78, 5) is 21.2. The van der Waals surface area contributed by atoms with Crippen LogP contribution < -0.4 is 5.32 Å². The number of guanidine groups is 1. The third kappa shape index (κ3) is 9.19. The Kier molecular flexibility index (Phi) is 10.5. The van der Waals surface area contributed by atoms with Gasteiger partial charge in [0.1, 0.15) is 6.54 Å². The topological polar surface area (TPSA) is 47.9 Å². The monoisotopic (exact) mass is 362 g/mol. The van der Waals surface area contributed by atoms with E-state index >= 15 is 0 Å². The fourth-order valence-electron chi connectivity index (χ4n) is 2.02. The van der Waals surface area contributed by atoms with Crippen LogP contribution in [0.15, 0.2) is 52.9 Å². The van der Waals surface area contributed by atoms with E-state index in [1.165, 1.54) is 4.90 Å². The lowest BCUT2D eigenvalue weighted by atomic mass is 10.3. The Morgan fingerprint density at radius 3 is 2.64 bits per heavy atom. The number of amides is 1. The minimum Gasteiger partial charge on any atom is -0.355 e. The fourth-order valence-corrected chi connectivity index (χ4v) is 2.81. The summed E-state index contributed by atoms with van der Waals surface area (Å²) >= 11 is 1.80. The van der Waals surface area contributed by atoms with Crippen LogP contribution in [0.1, 0.15) is 12.8 Å². The number of nitrogens with one attached hydrogen (secondary N) is 1. The Morgan fingerprint density at radius 1 is 1.28 bits per heavy atom. The number of benzene rings is 1. The van der Waals surface area contributed by atoms with Crippen molar-refractivity contribution in [2.75, 3.05) is 46.5 Å². The van der Waals surface area contributed by atoms with Crippen LogP contribution >= 0.6 is 11.8 Å². The Hall–Kier alpha value is -1.95. The molecule has 0 atom stereocenters. The summed E-state index contributed by atoms with van der Waals surface area (Å²) in [6.45, 7) is 5.58. The first-order chi connectivity index (χ1) is 12.0. The molecule has 5 nitrogen and oxygen atoms in total. The summed E-state index contributed by atoms with van der Waals surface area (Å²) in [7, 11) is 5.49. The summed E-state index contributed by atoms with van der Waals surface area (Å²) in [5.74, 6) is 1.70. The molecular weight excluding hydrogens is 332 g/mol. The zero-order valence-electron chi connectivity index (χ0n) is 15.6. The minimum atomic E-state index is -0.00236. The van der Waals surface area contributed by atoms with Gasteiger partial charge in [0.25, 0.3) is 0 Å². The van der Waals surface area contributed by atoms with Gasteiger partial charge >= 0.3 is 0 Å². The quantitative estimate of drug-likeness (QED) is 0.229. The molecule has 0 aliphatic rings. The molecule has 0 saturated carbocycles. The number of carbonyl (C=O) groups is 1. The predicted octanol–water partition coefficient (Wildman–Crippen LogP) is 2.71. The summed E-state index contributed by atoms with van der Waals surface area (Å²) in [6, 6.07) is 10.3. The maximum absolute atomic E-state index is 11.8. The number of likely N-dealkylation sites (N-methyl/N-ethyl adjacent to an activating group) is 1. The molecule has 138 valence electrons. The van der Waals surface area contributed by atoms with Crippen molar-refractivity contribution in [1.82, 2.24) is 15.1 Å². The maximum Gasteiger partial charge on any atom is 0.243 e. The van der Waals surface area contributed by atoms with Crippen molar-refractivity contribution >= 4 is 23.6 Å². The number of hydrogen-bond acceptors (Lipinski definition) is 3. The number of thioether (sulfide) groups is 1. The summed E-state index contributed by atoms with van der Waals surface area (Å²) in [5.41, 5.74) is 0. The van der Waals surface area contributed by atoms with Gasteiger partial charge in [-0.05, 0) is 25.0 Å². The van der Waals surface area contributed by atoms with Crippen molar-refractivity contribution in [1.29, 1.82) is 0 Å². The van der Waals surface area contributed by atoms with E-state index in [0.717, 1.165) is 37.6 Å². The SMILES string of the molecule is C=CCCCN(C)C(=NCC(=O)N(C)C)NCCSc1ccccc1. The lowest BCUT2D eigenvalue weighted by molar-refractivity contribution is -0.127. The Morgan fingerprint density at radius 2 is 2.00 bits per heavy atom. The highest BCUT2D eigenvalue weighted by Crippen LogP contribution is 2.15. The van der Waals surface area contributed by atoms with Crippen molar-refractivity contribution in [2.24, 2.45) is 4.99 Å². The van der Waals surface area contributed by atoms with E-state index in [1.54, 1.807) is 30.8 Å². The van der Waals surface area contributed by atoms with Gasteiger partial charge in [-0.25, -0.2) is 4.99 Å². The molecule has 1 rings (SSSR count). The number of allylic oxidation sites excluding steroid dienone is 1. The minimum absolute atomic E-state index is 0.00236. The average Bonchev–Trinajstić information content (AvgIpc) is 2.61. The second-order valence-electron chi connectivity index (χ2n) is 5.87. The molecule has 0 radical (unpaired) electrons. The van der Waals surface area contributed by atoms with Crippen molar-refractivity contribution in [3.63, 3.8) is 0 Å². The van der Waals surface area contributed by atoms with E-state index in [-0.39, 0.29) is 12.5 Å². The van der Waals surface area contributed by atoms with Gasteiger partial charge < -0.3 is 15.1 Å². The molecule has 1 aromatic rings. The van der Waals surface area contributed by atoms with Gasteiger partial charge in [-0.2, -0.15) is 0 Å². The van der Waals surface area contributed by atoms with Crippen LogP contribution in [-0.4, -0.2) is 68.2 Å². The van der Waals surface area contributed by atoms with Gasteiger partial charge in [-0.1, -0.05) is 24.3 Å². The first-order valence-corrected chi connectivity index (χ1v) is 9.51. The second kappa shape index (κ2) is 12.4. The van der Waals surface area contributed by atoms with Gasteiger partial charge in [0.05, 0.1) is 0 Å². The van der Waals surface area contributed by atoms with Gasteiger partial charge in [-0.3, -0.25) is 4.79 Å². The zero-order valence-corrected chi connectivity index (χ0v) is 16.4. The number of unbranched alkanes of at least 4 members (excludes halogenated alkanes) is 1. The molecule has 0 fully saturated rings. The standard InChI is InChI=1S/C19H30N4OS/c1-5-6-10-14-23(4)19(21-16-18(24)22(2)3)20-13-15-25-17-11-8-7-9-12-17/h5,7-9,11-12H,1,6,10,13-16H2,2-4H3,(H,20,21). The highest BCUT2D eigenvalue weighted by molar-refractivity contribution is 7.99. The van der Waals surface area contributed by atoms with E-state index in [2.05, 4.69) is 33.9 Å². The fraction of sp³-hybridized carbons (Fsp3) is 0.474. The summed E-state index contributed by atoms with van der Waals surface area (Å²) < 4.78 is 0. The molecule has 0 saturated heterocycles. The Bertz CT molecular complexity index is 546. The molecule has 0 heterocycles.